The van der Waals surface area contributed by atoms with Gasteiger partial charge in [-0.05, 0) is 33.8 Å². The van der Waals surface area contributed by atoms with Crippen LogP contribution in [0.1, 0.15) is 30.6 Å². The maximum absolute atomic E-state index is 12.6. The summed E-state index contributed by atoms with van der Waals surface area (Å²) in [5.41, 5.74) is 6.33. The standard InChI is InChI=1S/C14H18BrN3O3/c1-14(2)8-17(6-5-12(14)16)13(19)10-4-3-9(18(20)21)7-11(10)15/h3-4,7,12H,5-6,8,16H2,1-2H3. The lowest BCUT2D eigenvalue weighted by molar-refractivity contribution is -0.384. The summed E-state index contributed by atoms with van der Waals surface area (Å²) >= 11 is 3.25. The molecule has 1 aromatic carbocycles. The topological polar surface area (TPSA) is 89.5 Å². The van der Waals surface area contributed by atoms with Crippen molar-refractivity contribution in [3.05, 3.63) is 38.3 Å². The van der Waals surface area contributed by atoms with E-state index in [1.54, 1.807) is 4.90 Å². The van der Waals surface area contributed by atoms with Crippen LogP contribution in [0.15, 0.2) is 22.7 Å². The summed E-state index contributed by atoms with van der Waals surface area (Å²) in [7, 11) is 0. The smallest absolute Gasteiger partial charge is 0.270 e. The molecule has 0 aromatic heterocycles. The summed E-state index contributed by atoms with van der Waals surface area (Å²) in [6.45, 7) is 5.27. The lowest BCUT2D eigenvalue weighted by Gasteiger charge is -2.42. The fourth-order valence-corrected chi connectivity index (χ4v) is 3.04. The lowest BCUT2D eigenvalue weighted by atomic mass is 9.79. The number of nitro benzene ring substituents is 1. The zero-order chi connectivity index (χ0) is 15.8. The van der Waals surface area contributed by atoms with Gasteiger partial charge in [0.25, 0.3) is 11.6 Å². The molecule has 1 atom stereocenters. The molecule has 0 saturated carbocycles. The number of carbonyl (C=O) groups is 1. The Morgan fingerprint density at radius 1 is 1.52 bits per heavy atom. The predicted octanol–water partition coefficient (Wildman–Crippen LogP) is 2.56. The van der Waals surface area contributed by atoms with E-state index in [1.165, 1.54) is 18.2 Å². The number of carbonyl (C=O) groups excluding carboxylic acids is 1. The second kappa shape index (κ2) is 5.73. The Labute approximate surface area is 131 Å². The zero-order valence-corrected chi connectivity index (χ0v) is 13.6. The Balaban J connectivity index is 2.23. The van der Waals surface area contributed by atoms with E-state index in [2.05, 4.69) is 15.9 Å². The summed E-state index contributed by atoms with van der Waals surface area (Å²) < 4.78 is 0.439. The van der Waals surface area contributed by atoms with E-state index in [0.717, 1.165) is 6.42 Å². The fraction of sp³-hybridized carbons (Fsp3) is 0.500. The highest BCUT2D eigenvalue weighted by atomic mass is 79.9. The van der Waals surface area contributed by atoms with E-state index in [1.807, 2.05) is 13.8 Å². The molecule has 1 amide bonds. The molecule has 1 heterocycles. The van der Waals surface area contributed by atoms with E-state index in [9.17, 15) is 14.9 Å². The number of benzene rings is 1. The highest BCUT2D eigenvalue weighted by molar-refractivity contribution is 9.10. The van der Waals surface area contributed by atoms with Crippen LogP contribution < -0.4 is 5.73 Å². The number of nitrogens with two attached hydrogens (primary N) is 1. The van der Waals surface area contributed by atoms with Gasteiger partial charge in [-0.15, -0.1) is 0 Å². The van der Waals surface area contributed by atoms with Crippen molar-refractivity contribution in [2.75, 3.05) is 13.1 Å². The SMILES string of the molecule is CC1(C)CN(C(=O)c2ccc([N+](=O)[O-])cc2Br)CCC1N. The molecule has 0 aliphatic carbocycles. The first kappa shape index (κ1) is 15.9. The first-order valence-electron chi connectivity index (χ1n) is 6.71. The van der Waals surface area contributed by atoms with E-state index in [4.69, 9.17) is 5.73 Å². The van der Waals surface area contributed by atoms with Gasteiger partial charge in [-0.1, -0.05) is 13.8 Å². The summed E-state index contributed by atoms with van der Waals surface area (Å²) in [5.74, 6) is -0.128. The number of rotatable bonds is 2. The van der Waals surface area contributed by atoms with Crippen molar-refractivity contribution in [3.63, 3.8) is 0 Å². The van der Waals surface area contributed by atoms with E-state index in [0.29, 0.717) is 23.1 Å². The van der Waals surface area contributed by atoms with Gasteiger partial charge >= 0.3 is 0 Å². The van der Waals surface area contributed by atoms with E-state index < -0.39 is 4.92 Å². The number of hydrogen-bond acceptors (Lipinski definition) is 4. The van der Waals surface area contributed by atoms with Gasteiger partial charge < -0.3 is 10.6 Å². The Morgan fingerprint density at radius 3 is 2.71 bits per heavy atom. The van der Waals surface area contributed by atoms with Crippen LogP contribution in [0.5, 0.6) is 0 Å². The van der Waals surface area contributed by atoms with Crippen molar-refractivity contribution in [1.29, 1.82) is 0 Å². The molecule has 2 rings (SSSR count). The van der Waals surface area contributed by atoms with Gasteiger partial charge in [-0.25, -0.2) is 0 Å². The zero-order valence-electron chi connectivity index (χ0n) is 12.0. The molecule has 1 aromatic rings. The number of nitro groups is 1. The molecule has 7 heteroatoms. The van der Waals surface area contributed by atoms with Crippen LogP contribution in [-0.2, 0) is 0 Å². The minimum Gasteiger partial charge on any atom is -0.338 e. The van der Waals surface area contributed by atoms with Crippen LogP contribution in [0.2, 0.25) is 0 Å². The van der Waals surface area contributed by atoms with Gasteiger partial charge in [0, 0.05) is 35.7 Å². The number of likely N-dealkylation sites (tertiary alicyclic amines) is 1. The highest BCUT2D eigenvalue weighted by Gasteiger charge is 2.36. The summed E-state index contributed by atoms with van der Waals surface area (Å²) in [5, 5.41) is 10.7. The predicted molar refractivity (Wildman–Crippen MR) is 83.1 cm³/mol. The number of piperidine rings is 1. The highest BCUT2D eigenvalue weighted by Crippen LogP contribution is 2.30. The van der Waals surface area contributed by atoms with Crippen LogP contribution >= 0.6 is 15.9 Å². The molecule has 1 unspecified atom stereocenters. The molecule has 2 N–H and O–H groups in total. The number of nitrogens with zero attached hydrogens (tertiary/aromatic N) is 2. The Hall–Kier alpha value is -1.47. The monoisotopic (exact) mass is 355 g/mol. The normalized spacial score (nSPS) is 21.1. The Kier molecular flexibility index (Phi) is 4.34. The van der Waals surface area contributed by atoms with Crippen molar-refractivity contribution in [3.8, 4) is 0 Å². The number of hydrogen-bond donors (Lipinski definition) is 1. The summed E-state index contributed by atoms with van der Waals surface area (Å²) in [4.78, 5) is 24.6. The average molecular weight is 356 g/mol. The molecule has 21 heavy (non-hydrogen) atoms. The first-order valence-corrected chi connectivity index (χ1v) is 7.50. The van der Waals surface area contributed by atoms with Gasteiger partial charge in [0.1, 0.15) is 0 Å². The first-order chi connectivity index (χ1) is 9.72. The molecule has 0 spiro atoms. The van der Waals surface area contributed by atoms with E-state index >= 15 is 0 Å². The third-order valence-corrected chi connectivity index (χ3v) is 4.65. The van der Waals surface area contributed by atoms with Gasteiger partial charge in [-0.2, -0.15) is 0 Å². The Morgan fingerprint density at radius 2 is 2.19 bits per heavy atom. The van der Waals surface area contributed by atoms with Gasteiger partial charge in [0.05, 0.1) is 10.5 Å². The molecular weight excluding hydrogens is 338 g/mol. The van der Waals surface area contributed by atoms with Crippen molar-refractivity contribution in [1.82, 2.24) is 4.90 Å². The molecule has 6 nitrogen and oxygen atoms in total. The minimum atomic E-state index is -0.484. The maximum atomic E-state index is 12.6. The van der Waals surface area contributed by atoms with Gasteiger partial charge in [0.2, 0.25) is 0 Å². The third kappa shape index (κ3) is 3.24. The van der Waals surface area contributed by atoms with Crippen LogP contribution in [-0.4, -0.2) is 34.9 Å². The van der Waals surface area contributed by atoms with Crippen molar-refractivity contribution >= 4 is 27.5 Å². The van der Waals surface area contributed by atoms with Crippen molar-refractivity contribution in [2.45, 2.75) is 26.3 Å². The number of non-ortho nitro benzene ring substituents is 1. The molecule has 1 aliphatic heterocycles. The molecule has 1 fully saturated rings. The molecule has 0 radical (unpaired) electrons. The maximum Gasteiger partial charge on any atom is 0.270 e. The second-order valence-electron chi connectivity index (χ2n) is 6.03. The third-order valence-electron chi connectivity index (χ3n) is 3.99. The Bertz CT molecular complexity index is 589. The second-order valence-corrected chi connectivity index (χ2v) is 6.89. The molecule has 1 saturated heterocycles. The van der Waals surface area contributed by atoms with Gasteiger partial charge in [0.15, 0.2) is 0 Å². The lowest BCUT2D eigenvalue weighted by Crippen LogP contribution is -2.54. The summed E-state index contributed by atoms with van der Waals surface area (Å²) in [6, 6.07) is 4.26. The van der Waals surface area contributed by atoms with Crippen LogP contribution in [0, 0.1) is 15.5 Å². The van der Waals surface area contributed by atoms with Crippen molar-refractivity contribution < 1.29 is 9.72 Å². The number of halogens is 1. The molecule has 1 aliphatic rings. The summed E-state index contributed by atoms with van der Waals surface area (Å²) in [6.07, 6.45) is 0.753. The van der Waals surface area contributed by atoms with Gasteiger partial charge in [-0.3, -0.25) is 14.9 Å². The quantitative estimate of drug-likeness (QED) is 0.651. The molecular formula is C14H18BrN3O3. The minimum absolute atomic E-state index is 0.0422. The van der Waals surface area contributed by atoms with Crippen LogP contribution in [0.4, 0.5) is 5.69 Å². The number of amides is 1. The fourth-order valence-electron chi connectivity index (χ4n) is 2.51. The van der Waals surface area contributed by atoms with Crippen LogP contribution in [0.3, 0.4) is 0 Å². The average Bonchev–Trinajstić information content (AvgIpc) is 2.40. The van der Waals surface area contributed by atoms with E-state index in [-0.39, 0.29) is 23.1 Å². The largest absolute Gasteiger partial charge is 0.338 e. The molecule has 0 bridgehead atoms. The molecule has 114 valence electrons. The van der Waals surface area contributed by atoms with Crippen LogP contribution in [0.25, 0.3) is 0 Å². The van der Waals surface area contributed by atoms with Crippen molar-refractivity contribution in [2.24, 2.45) is 11.1 Å².